The summed E-state index contributed by atoms with van der Waals surface area (Å²) in [4.78, 5) is 0. The highest BCUT2D eigenvalue weighted by atomic mass is 15.7. The maximum absolute atomic E-state index is 4.20. The van der Waals surface area contributed by atoms with Crippen LogP contribution in [0, 0.1) is 13.8 Å². The van der Waals surface area contributed by atoms with Gasteiger partial charge in [-0.3, -0.25) is 0 Å². The lowest BCUT2D eigenvalue weighted by Gasteiger charge is -2.17. The van der Waals surface area contributed by atoms with E-state index in [-0.39, 0.29) is 0 Å². The van der Waals surface area contributed by atoms with Gasteiger partial charge >= 0.3 is 0 Å². The fourth-order valence-corrected chi connectivity index (χ4v) is 1.48. The molecule has 0 radical (unpaired) electrons. The van der Waals surface area contributed by atoms with E-state index < -0.39 is 0 Å². The van der Waals surface area contributed by atoms with Crippen molar-refractivity contribution in [2.24, 2.45) is 10.2 Å². The smallest absolute Gasteiger partial charge is 0.0885 e. The van der Waals surface area contributed by atoms with Gasteiger partial charge in [-0.05, 0) is 25.5 Å². The maximum Gasteiger partial charge on any atom is 0.0885 e. The molecule has 0 fully saturated rings. The molecule has 0 saturated heterocycles. The molecule has 1 aliphatic rings. The van der Waals surface area contributed by atoms with E-state index in [1.165, 1.54) is 11.1 Å². The summed E-state index contributed by atoms with van der Waals surface area (Å²) in [6, 6.07) is 6.25. The van der Waals surface area contributed by atoms with E-state index in [0.29, 0.717) is 0 Å². The minimum Gasteiger partial charge on any atom is -0.163 e. The average molecular weight is 187 g/mol. The van der Waals surface area contributed by atoms with Crippen LogP contribution in [-0.2, 0) is 0 Å². The van der Waals surface area contributed by atoms with Crippen LogP contribution >= 0.6 is 0 Å². The van der Waals surface area contributed by atoms with Gasteiger partial charge in [-0.25, -0.2) is 0 Å². The number of hydrogen-bond acceptors (Lipinski definition) is 3. The number of anilines is 1. The van der Waals surface area contributed by atoms with Gasteiger partial charge in [0.15, 0.2) is 0 Å². The summed E-state index contributed by atoms with van der Waals surface area (Å²) in [5.74, 6) is 0. The van der Waals surface area contributed by atoms with Crippen molar-refractivity contribution in [3.05, 3.63) is 29.3 Å². The SMILES string of the molecule is Cc1ccc(N2N=CCC=N2)c(C)c1. The van der Waals surface area contributed by atoms with Gasteiger partial charge in [0.1, 0.15) is 0 Å². The highest BCUT2D eigenvalue weighted by Gasteiger charge is 2.07. The Labute approximate surface area is 83.7 Å². The molecule has 1 aromatic rings. The van der Waals surface area contributed by atoms with Crippen LogP contribution in [0.25, 0.3) is 0 Å². The van der Waals surface area contributed by atoms with Gasteiger partial charge in [0.05, 0.1) is 5.69 Å². The number of hydrazone groups is 2. The average Bonchev–Trinajstić information content (AvgIpc) is 2.19. The van der Waals surface area contributed by atoms with Crippen LogP contribution in [0.4, 0.5) is 5.69 Å². The molecule has 0 aromatic heterocycles. The van der Waals surface area contributed by atoms with E-state index in [0.717, 1.165) is 12.1 Å². The molecule has 1 heterocycles. The molecule has 0 N–H and O–H groups in total. The van der Waals surface area contributed by atoms with Crippen LogP contribution in [0.1, 0.15) is 17.5 Å². The zero-order valence-corrected chi connectivity index (χ0v) is 8.44. The monoisotopic (exact) mass is 187 g/mol. The number of aryl methyl sites for hydroxylation is 2. The number of hydrogen-bond donors (Lipinski definition) is 0. The van der Waals surface area contributed by atoms with Gasteiger partial charge in [-0.1, -0.05) is 17.7 Å². The van der Waals surface area contributed by atoms with Crippen LogP contribution in [0.5, 0.6) is 0 Å². The summed E-state index contributed by atoms with van der Waals surface area (Å²) < 4.78 is 0. The number of rotatable bonds is 1. The molecule has 72 valence electrons. The summed E-state index contributed by atoms with van der Waals surface area (Å²) in [5.41, 5.74) is 3.50. The van der Waals surface area contributed by atoms with E-state index in [2.05, 4.69) is 36.2 Å². The van der Waals surface area contributed by atoms with Crippen molar-refractivity contribution >= 4 is 18.1 Å². The minimum absolute atomic E-state index is 0.821. The summed E-state index contributed by atoms with van der Waals surface area (Å²) >= 11 is 0. The number of nitrogens with zero attached hydrogens (tertiary/aromatic N) is 3. The van der Waals surface area contributed by atoms with Gasteiger partial charge in [0, 0.05) is 18.9 Å². The topological polar surface area (TPSA) is 28.0 Å². The van der Waals surface area contributed by atoms with Crippen molar-refractivity contribution < 1.29 is 0 Å². The molecule has 3 heteroatoms. The number of benzene rings is 1. The van der Waals surface area contributed by atoms with Crippen molar-refractivity contribution in [2.45, 2.75) is 20.3 Å². The van der Waals surface area contributed by atoms with Crippen molar-refractivity contribution in [3.8, 4) is 0 Å². The van der Waals surface area contributed by atoms with E-state index in [1.54, 1.807) is 5.12 Å². The Morgan fingerprint density at radius 3 is 2.50 bits per heavy atom. The quantitative estimate of drug-likeness (QED) is 0.663. The minimum atomic E-state index is 0.821. The second-order valence-corrected chi connectivity index (χ2v) is 3.41. The predicted molar refractivity (Wildman–Crippen MR) is 60.0 cm³/mol. The Bertz CT molecular complexity index is 382. The highest BCUT2D eigenvalue weighted by molar-refractivity contribution is 5.82. The molecule has 1 aromatic carbocycles. The molecule has 0 atom stereocenters. The standard InChI is InChI=1S/C11H13N3/c1-9-4-5-11(10(2)8-9)14-12-6-3-7-13-14/h4-8H,3H2,1-2H3. The summed E-state index contributed by atoms with van der Waals surface area (Å²) in [6.45, 7) is 4.15. The van der Waals surface area contributed by atoms with Crippen molar-refractivity contribution in [1.29, 1.82) is 0 Å². The van der Waals surface area contributed by atoms with E-state index in [9.17, 15) is 0 Å². The molecule has 0 aliphatic carbocycles. The Morgan fingerprint density at radius 1 is 1.14 bits per heavy atom. The first kappa shape index (κ1) is 8.94. The Kier molecular flexibility index (Phi) is 2.31. The Hall–Kier alpha value is -1.64. The van der Waals surface area contributed by atoms with Gasteiger partial charge < -0.3 is 0 Å². The molecule has 0 amide bonds. The lowest BCUT2D eigenvalue weighted by atomic mass is 10.1. The molecule has 14 heavy (non-hydrogen) atoms. The molecule has 1 aliphatic heterocycles. The third kappa shape index (κ3) is 1.66. The van der Waals surface area contributed by atoms with E-state index in [1.807, 2.05) is 18.5 Å². The predicted octanol–water partition coefficient (Wildman–Crippen LogP) is 2.49. The van der Waals surface area contributed by atoms with Crippen LogP contribution in [0.3, 0.4) is 0 Å². The summed E-state index contributed by atoms with van der Waals surface area (Å²) in [7, 11) is 0. The summed E-state index contributed by atoms with van der Waals surface area (Å²) in [6.07, 6.45) is 4.53. The van der Waals surface area contributed by atoms with Gasteiger partial charge in [-0.15, -0.1) is 0 Å². The molecule has 0 bridgehead atoms. The third-order valence-corrected chi connectivity index (χ3v) is 2.16. The fourth-order valence-electron chi connectivity index (χ4n) is 1.48. The first-order valence-corrected chi connectivity index (χ1v) is 4.69. The van der Waals surface area contributed by atoms with Crippen molar-refractivity contribution in [3.63, 3.8) is 0 Å². The Morgan fingerprint density at radius 2 is 1.86 bits per heavy atom. The first-order chi connectivity index (χ1) is 6.77. The molecule has 0 saturated carbocycles. The Balaban J connectivity index is 2.36. The van der Waals surface area contributed by atoms with Crippen LogP contribution in [0.15, 0.2) is 28.4 Å². The van der Waals surface area contributed by atoms with Crippen LogP contribution in [-0.4, -0.2) is 12.4 Å². The maximum atomic E-state index is 4.20. The zero-order chi connectivity index (χ0) is 9.97. The molecule has 0 unspecified atom stereocenters. The molecule has 2 rings (SSSR count). The van der Waals surface area contributed by atoms with E-state index in [4.69, 9.17) is 0 Å². The lowest BCUT2D eigenvalue weighted by Crippen LogP contribution is -2.13. The normalized spacial score (nSPS) is 14.9. The van der Waals surface area contributed by atoms with Crippen molar-refractivity contribution in [2.75, 3.05) is 5.12 Å². The molecular weight excluding hydrogens is 174 g/mol. The highest BCUT2D eigenvalue weighted by Crippen LogP contribution is 2.22. The van der Waals surface area contributed by atoms with Crippen LogP contribution in [0.2, 0.25) is 0 Å². The molecular formula is C11H13N3. The lowest BCUT2D eigenvalue weighted by molar-refractivity contribution is 0.913. The van der Waals surface area contributed by atoms with Crippen molar-refractivity contribution in [1.82, 2.24) is 0 Å². The largest absolute Gasteiger partial charge is 0.163 e. The van der Waals surface area contributed by atoms with Gasteiger partial charge in [0.2, 0.25) is 0 Å². The first-order valence-electron chi connectivity index (χ1n) is 4.69. The van der Waals surface area contributed by atoms with E-state index >= 15 is 0 Å². The molecule has 3 nitrogen and oxygen atoms in total. The third-order valence-electron chi connectivity index (χ3n) is 2.16. The second kappa shape index (κ2) is 3.62. The second-order valence-electron chi connectivity index (χ2n) is 3.41. The zero-order valence-electron chi connectivity index (χ0n) is 8.44. The van der Waals surface area contributed by atoms with Gasteiger partial charge in [0.25, 0.3) is 0 Å². The fraction of sp³-hybridized carbons (Fsp3) is 0.273. The summed E-state index contributed by atoms with van der Waals surface area (Å²) in [5, 5.41) is 10.1. The van der Waals surface area contributed by atoms with Crippen LogP contribution < -0.4 is 5.12 Å². The molecule has 0 spiro atoms. The van der Waals surface area contributed by atoms with Gasteiger partial charge in [-0.2, -0.15) is 15.3 Å².